The largest absolute Gasteiger partial charge is 0.493 e. The van der Waals surface area contributed by atoms with Gasteiger partial charge in [-0.25, -0.2) is 4.79 Å². The molecule has 1 atom stereocenters. The lowest BCUT2D eigenvalue weighted by Gasteiger charge is -2.27. The van der Waals surface area contributed by atoms with E-state index in [-0.39, 0.29) is 17.4 Å². The topological polar surface area (TPSA) is 89.8 Å². The van der Waals surface area contributed by atoms with Crippen LogP contribution in [-0.2, 0) is 12.8 Å². The van der Waals surface area contributed by atoms with Gasteiger partial charge in [-0.15, -0.1) is 11.3 Å². The standard InChI is InChI=1S/C22H20N2O5S/c1-27-16-11-12(8-9-14(16)29-22(26)15-6-4-10-28-15)19-23-20(25)18-13-5-2-3-7-17(13)30-21(18)24-19/h4,6,8-11,19,24H,2-3,5,7H2,1H3,(H,23,25). The van der Waals surface area contributed by atoms with Crippen molar-refractivity contribution in [2.75, 3.05) is 12.4 Å². The van der Waals surface area contributed by atoms with Crippen LogP contribution in [0.4, 0.5) is 5.00 Å². The molecule has 2 N–H and O–H groups in total. The number of amides is 1. The van der Waals surface area contributed by atoms with Gasteiger partial charge in [0.25, 0.3) is 5.91 Å². The Morgan fingerprint density at radius 2 is 2.03 bits per heavy atom. The Bertz CT molecular complexity index is 1120. The fraction of sp³-hybridized carbons (Fsp3) is 0.273. The highest BCUT2D eigenvalue weighted by Crippen LogP contribution is 2.42. The molecular formula is C22H20N2O5S. The van der Waals surface area contributed by atoms with Gasteiger partial charge in [0.1, 0.15) is 11.2 Å². The number of hydrogen-bond donors (Lipinski definition) is 2. The number of methoxy groups -OCH3 is 1. The normalized spacial score (nSPS) is 17.4. The molecule has 7 nitrogen and oxygen atoms in total. The summed E-state index contributed by atoms with van der Waals surface area (Å²) in [4.78, 5) is 26.3. The summed E-state index contributed by atoms with van der Waals surface area (Å²) in [7, 11) is 1.50. The lowest BCUT2D eigenvalue weighted by atomic mass is 9.94. The number of nitrogens with one attached hydrogen (secondary N) is 2. The number of benzene rings is 1. The maximum absolute atomic E-state index is 12.8. The molecule has 0 radical (unpaired) electrons. The van der Waals surface area contributed by atoms with E-state index in [1.54, 1.807) is 35.6 Å². The Morgan fingerprint density at radius 3 is 2.83 bits per heavy atom. The summed E-state index contributed by atoms with van der Waals surface area (Å²) in [6, 6.07) is 8.34. The van der Waals surface area contributed by atoms with E-state index in [0.717, 1.165) is 35.4 Å². The van der Waals surface area contributed by atoms with Crippen molar-refractivity contribution >= 4 is 28.2 Å². The Hall–Kier alpha value is -3.26. The Labute approximate surface area is 177 Å². The maximum Gasteiger partial charge on any atom is 0.379 e. The number of rotatable bonds is 4. The second-order valence-corrected chi connectivity index (χ2v) is 8.35. The van der Waals surface area contributed by atoms with Gasteiger partial charge in [-0.2, -0.15) is 0 Å². The van der Waals surface area contributed by atoms with Gasteiger partial charge in [0.2, 0.25) is 5.76 Å². The molecule has 30 heavy (non-hydrogen) atoms. The number of anilines is 1. The van der Waals surface area contributed by atoms with Gasteiger partial charge in [0, 0.05) is 4.88 Å². The minimum Gasteiger partial charge on any atom is -0.493 e. The summed E-state index contributed by atoms with van der Waals surface area (Å²) in [6.45, 7) is 0. The minimum atomic E-state index is -0.607. The summed E-state index contributed by atoms with van der Waals surface area (Å²) >= 11 is 1.68. The molecule has 0 spiro atoms. The molecule has 154 valence electrons. The SMILES string of the molecule is COc1cc(C2NC(=O)c3c(sc4c3CCCC4)N2)ccc1OC(=O)c1ccco1. The van der Waals surface area contributed by atoms with Crippen molar-refractivity contribution < 1.29 is 23.5 Å². The van der Waals surface area contributed by atoms with Crippen molar-refractivity contribution in [3.63, 3.8) is 0 Å². The molecule has 0 fully saturated rings. The third-order valence-electron chi connectivity index (χ3n) is 5.40. The molecule has 2 aliphatic rings. The average Bonchev–Trinajstić information content (AvgIpc) is 3.42. The molecule has 0 bridgehead atoms. The minimum absolute atomic E-state index is 0.0551. The highest BCUT2D eigenvalue weighted by Gasteiger charge is 2.32. The highest BCUT2D eigenvalue weighted by atomic mass is 32.1. The van der Waals surface area contributed by atoms with Gasteiger partial charge in [0.15, 0.2) is 11.5 Å². The first-order valence-corrected chi connectivity index (χ1v) is 10.6. The Balaban J connectivity index is 1.40. The zero-order valence-electron chi connectivity index (χ0n) is 16.3. The zero-order valence-corrected chi connectivity index (χ0v) is 17.1. The van der Waals surface area contributed by atoms with Crippen LogP contribution >= 0.6 is 11.3 Å². The van der Waals surface area contributed by atoms with Crippen molar-refractivity contribution in [2.24, 2.45) is 0 Å². The fourth-order valence-corrected chi connectivity index (χ4v) is 5.25. The summed E-state index contributed by atoms with van der Waals surface area (Å²) in [6.07, 6.45) is 5.31. The number of hydrogen-bond acceptors (Lipinski definition) is 7. The second kappa shape index (κ2) is 7.53. The van der Waals surface area contributed by atoms with E-state index in [0.29, 0.717) is 5.75 Å². The molecule has 0 saturated carbocycles. The van der Waals surface area contributed by atoms with Crippen LogP contribution in [-0.4, -0.2) is 19.0 Å². The number of ether oxygens (including phenoxy) is 2. The lowest BCUT2D eigenvalue weighted by Crippen LogP contribution is -2.38. The molecule has 2 aromatic heterocycles. The molecule has 8 heteroatoms. The third kappa shape index (κ3) is 3.23. The smallest absolute Gasteiger partial charge is 0.379 e. The van der Waals surface area contributed by atoms with E-state index in [1.807, 2.05) is 0 Å². The van der Waals surface area contributed by atoms with Gasteiger partial charge in [0.05, 0.1) is 18.9 Å². The summed E-state index contributed by atoms with van der Waals surface area (Å²) in [5.74, 6) is 0.109. The molecular weight excluding hydrogens is 404 g/mol. The van der Waals surface area contributed by atoms with Gasteiger partial charge in [-0.05, 0) is 61.1 Å². The van der Waals surface area contributed by atoms with E-state index in [4.69, 9.17) is 13.9 Å². The third-order valence-corrected chi connectivity index (χ3v) is 6.62. The summed E-state index contributed by atoms with van der Waals surface area (Å²) in [5.41, 5.74) is 2.79. The van der Waals surface area contributed by atoms with Crippen LogP contribution in [0, 0.1) is 0 Å². The quantitative estimate of drug-likeness (QED) is 0.479. The van der Waals surface area contributed by atoms with Crippen molar-refractivity contribution in [1.82, 2.24) is 5.32 Å². The molecule has 1 amide bonds. The molecule has 0 saturated heterocycles. The molecule has 5 rings (SSSR count). The highest BCUT2D eigenvalue weighted by molar-refractivity contribution is 7.16. The molecule has 1 aliphatic carbocycles. The van der Waals surface area contributed by atoms with Gasteiger partial charge >= 0.3 is 5.97 Å². The number of carbonyl (C=O) groups excluding carboxylic acids is 2. The average molecular weight is 424 g/mol. The van der Waals surface area contributed by atoms with E-state index in [9.17, 15) is 9.59 Å². The monoisotopic (exact) mass is 424 g/mol. The second-order valence-electron chi connectivity index (χ2n) is 7.24. The first-order chi connectivity index (χ1) is 14.6. The Kier molecular flexibility index (Phi) is 4.71. The molecule has 1 aliphatic heterocycles. The predicted octanol–water partition coefficient (Wildman–Crippen LogP) is 4.30. The number of esters is 1. The van der Waals surface area contributed by atoms with E-state index >= 15 is 0 Å². The van der Waals surface area contributed by atoms with Crippen LogP contribution in [0.3, 0.4) is 0 Å². The number of aryl methyl sites for hydroxylation is 1. The van der Waals surface area contributed by atoms with E-state index in [1.165, 1.54) is 36.3 Å². The van der Waals surface area contributed by atoms with Crippen LogP contribution in [0.15, 0.2) is 41.0 Å². The van der Waals surface area contributed by atoms with Crippen LogP contribution in [0.2, 0.25) is 0 Å². The Morgan fingerprint density at radius 1 is 1.17 bits per heavy atom. The van der Waals surface area contributed by atoms with Crippen molar-refractivity contribution in [2.45, 2.75) is 31.8 Å². The summed E-state index contributed by atoms with van der Waals surface area (Å²) in [5, 5.41) is 7.40. The first kappa shape index (κ1) is 18.7. The van der Waals surface area contributed by atoms with Gasteiger partial charge in [-0.3, -0.25) is 4.79 Å². The summed E-state index contributed by atoms with van der Waals surface area (Å²) < 4.78 is 15.9. The maximum atomic E-state index is 12.8. The van der Waals surface area contributed by atoms with Crippen LogP contribution in [0.1, 0.15) is 55.9 Å². The van der Waals surface area contributed by atoms with Crippen molar-refractivity contribution in [3.8, 4) is 11.5 Å². The van der Waals surface area contributed by atoms with Crippen molar-refractivity contribution in [1.29, 1.82) is 0 Å². The number of fused-ring (bicyclic) bond motifs is 3. The number of thiophene rings is 1. The lowest BCUT2D eigenvalue weighted by molar-refractivity contribution is 0.0696. The van der Waals surface area contributed by atoms with E-state index < -0.39 is 12.1 Å². The molecule has 1 unspecified atom stereocenters. The van der Waals surface area contributed by atoms with Crippen LogP contribution in [0.5, 0.6) is 11.5 Å². The van der Waals surface area contributed by atoms with Crippen LogP contribution in [0.25, 0.3) is 0 Å². The van der Waals surface area contributed by atoms with Crippen LogP contribution < -0.4 is 20.1 Å². The number of carbonyl (C=O) groups is 2. The van der Waals surface area contributed by atoms with Gasteiger partial charge in [-0.1, -0.05) is 6.07 Å². The molecule has 1 aromatic carbocycles. The molecule has 3 heterocycles. The van der Waals surface area contributed by atoms with E-state index in [2.05, 4.69) is 10.6 Å². The fourth-order valence-electron chi connectivity index (χ4n) is 3.94. The molecule has 3 aromatic rings. The number of furan rings is 1. The zero-order chi connectivity index (χ0) is 20.7. The predicted molar refractivity (Wildman–Crippen MR) is 111 cm³/mol. The van der Waals surface area contributed by atoms with Gasteiger partial charge < -0.3 is 24.5 Å². The van der Waals surface area contributed by atoms with Crippen molar-refractivity contribution in [3.05, 3.63) is 63.9 Å². The first-order valence-electron chi connectivity index (χ1n) is 9.79.